The third-order valence-electron chi connectivity index (χ3n) is 4.67. The first-order chi connectivity index (χ1) is 12.9. The van der Waals surface area contributed by atoms with Crippen molar-refractivity contribution in [1.82, 2.24) is 19.9 Å². The van der Waals surface area contributed by atoms with Crippen molar-refractivity contribution >= 4 is 18.1 Å². The van der Waals surface area contributed by atoms with Crippen molar-refractivity contribution in [2.24, 2.45) is 0 Å². The fourth-order valence-electron chi connectivity index (χ4n) is 3.49. The van der Waals surface area contributed by atoms with E-state index in [1.54, 1.807) is 22.8 Å². The summed E-state index contributed by atoms with van der Waals surface area (Å²) in [5.74, 6) is -0.125. The Morgan fingerprint density at radius 2 is 1.93 bits per heavy atom. The Morgan fingerprint density at radius 1 is 1.18 bits per heavy atom. The summed E-state index contributed by atoms with van der Waals surface area (Å²) in [4.78, 5) is 14.9. The van der Waals surface area contributed by atoms with Crippen LogP contribution in [0, 0.1) is 0 Å². The molecule has 0 spiro atoms. The van der Waals surface area contributed by atoms with Crippen molar-refractivity contribution < 1.29 is 17.9 Å². The summed E-state index contributed by atoms with van der Waals surface area (Å²) >= 11 is 0. The van der Waals surface area contributed by atoms with Gasteiger partial charge in [-0.1, -0.05) is 12.1 Å². The zero-order valence-electron chi connectivity index (χ0n) is 14.6. The molecule has 1 fully saturated rings. The van der Waals surface area contributed by atoms with Crippen LogP contribution in [-0.4, -0.2) is 34.0 Å². The lowest BCUT2D eigenvalue weighted by atomic mass is 9.94. The van der Waals surface area contributed by atoms with Gasteiger partial charge in [0.1, 0.15) is 11.4 Å². The molecule has 0 atom stereocenters. The molecular formula is C18H18ClF3N4O2. The summed E-state index contributed by atoms with van der Waals surface area (Å²) in [5.41, 5.74) is 2.02. The van der Waals surface area contributed by atoms with Crippen LogP contribution in [-0.2, 0) is 0 Å². The molecule has 0 radical (unpaired) electrons. The van der Waals surface area contributed by atoms with Gasteiger partial charge in [0.05, 0.1) is 11.9 Å². The molecule has 3 heterocycles. The second-order valence-corrected chi connectivity index (χ2v) is 6.48. The number of hydrogen-bond acceptors (Lipinski definition) is 4. The van der Waals surface area contributed by atoms with Gasteiger partial charge in [0, 0.05) is 17.5 Å². The standard InChI is InChI=1S/C18H17F3N4O2.ClH/c19-18(20,21)27-13-3-1-2-12(8-13)14-10-23-25-15(9-16(26)24-17(14)25)11-4-6-22-7-5-11;/h1-3,8-11,22H,4-7H2,(H,24,26);1H. The highest BCUT2D eigenvalue weighted by molar-refractivity contribution is 5.85. The number of nitrogens with zero attached hydrogens (tertiary/aromatic N) is 2. The number of halogens is 4. The second kappa shape index (κ2) is 7.84. The van der Waals surface area contributed by atoms with Crippen LogP contribution >= 0.6 is 12.4 Å². The summed E-state index contributed by atoms with van der Waals surface area (Å²) in [6, 6.07) is 7.17. The third kappa shape index (κ3) is 4.15. The van der Waals surface area contributed by atoms with Crippen LogP contribution in [0.25, 0.3) is 16.8 Å². The van der Waals surface area contributed by atoms with Gasteiger partial charge in [-0.15, -0.1) is 25.6 Å². The van der Waals surface area contributed by atoms with E-state index in [0.717, 1.165) is 31.6 Å². The van der Waals surface area contributed by atoms with E-state index >= 15 is 0 Å². The topological polar surface area (TPSA) is 71.4 Å². The maximum Gasteiger partial charge on any atom is 0.573 e. The third-order valence-corrected chi connectivity index (χ3v) is 4.67. The van der Waals surface area contributed by atoms with Crippen LogP contribution in [0.2, 0.25) is 0 Å². The molecule has 1 saturated heterocycles. The van der Waals surface area contributed by atoms with E-state index in [1.807, 2.05) is 0 Å². The molecule has 2 aromatic heterocycles. The number of benzene rings is 1. The predicted octanol–water partition coefficient (Wildman–Crippen LogP) is 3.48. The minimum atomic E-state index is -4.77. The second-order valence-electron chi connectivity index (χ2n) is 6.48. The monoisotopic (exact) mass is 414 g/mol. The molecule has 1 aliphatic heterocycles. The van der Waals surface area contributed by atoms with Gasteiger partial charge < -0.3 is 15.0 Å². The average Bonchev–Trinajstić information content (AvgIpc) is 3.04. The maximum absolute atomic E-state index is 12.5. The lowest BCUT2D eigenvalue weighted by molar-refractivity contribution is -0.274. The van der Waals surface area contributed by atoms with E-state index in [2.05, 4.69) is 20.1 Å². The van der Waals surface area contributed by atoms with Crippen molar-refractivity contribution in [2.45, 2.75) is 25.1 Å². The number of ether oxygens (including phenoxy) is 1. The van der Waals surface area contributed by atoms with E-state index in [0.29, 0.717) is 16.8 Å². The molecule has 0 saturated carbocycles. The number of H-pyrrole nitrogens is 1. The highest BCUT2D eigenvalue weighted by Crippen LogP contribution is 2.31. The highest BCUT2D eigenvalue weighted by atomic mass is 35.5. The lowest BCUT2D eigenvalue weighted by Crippen LogP contribution is -2.28. The van der Waals surface area contributed by atoms with Crippen LogP contribution in [0.1, 0.15) is 24.5 Å². The van der Waals surface area contributed by atoms with Gasteiger partial charge in [0.2, 0.25) is 0 Å². The molecule has 6 nitrogen and oxygen atoms in total. The Balaban J connectivity index is 0.00000225. The lowest BCUT2D eigenvalue weighted by Gasteiger charge is -2.23. The van der Waals surface area contributed by atoms with Gasteiger partial charge in [-0.2, -0.15) is 5.10 Å². The normalized spacial score (nSPS) is 15.4. The predicted molar refractivity (Wildman–Crippen MR) is 100 cm³/mol. The smallest absolute Gasteiger partial charge is 0.406 e. The first-order valence-electron chi connectivity index (χ1n) is 8.58. The Labute approximate surface area is 164 Å². The fraction of sp³-hybridized carbons (Fsp3) is 0.333. The fourth-order valence-corrected chi connectivity index (χ4v) is 3.49. The SMILES string of the molecule is Cl.O=c1cc(C2CCNCC2)n2ncc(-c3cccc(OC(F)(F)F)c3)c2[nH]1. The van der Waals surface area contributed by atoms with Crippen molar-refractivity contribution in [3.8, 4) is 16.9 Å². The number of aromatic nitrogens is 3. The average molecular weight is 415 g/mol. The van der Waals surface area contributed by atoms with E-state index in [4.69, 9.17) is 0 Å². The number of alkyl halides is 3. The number of piperidine rings is 1. The van der Waals surface area contributed by atoms with Crippen molar-refractivity contribution in [3.05, 3.63) is 52.6 Å². The molecule has 150 valence electrons. The van der Waals surface area contributed by atoms with E-state index in [9.17, 15) is 18.0 Å². The van der Waals surface area contributed by atoms with E-state index in [1.165, 1.54) is 18.2 Å². The number of nitrogens with one attached hydrogen (secondary N) is 2. The molecule has 10 heteroatoms. The Hall–Kier alpha value is -2.52. The number of hydrogen-bond donors (Lipinski definition) is 2. The molecular weight excluding hydrogens is 397 g/mol. The first kappa shape index (κ1) is 20.2. The van der Waals surface area contributed by atoms with Crippen molar-refractivity contribution in [1.29, 1.82) is 0 Å². The van der Waals surface area contributed by atoms with Crippen molar-refractivity contribution in [3.63, 3.8) is 0 Å². The number of rotatable bonds is 3. The van der Waals surface area contributed by atoms with Gasteiger partial charge in [0.15, 0.2) is 0 Å². The van der Waals surface area contributed by atoms with Crippen LogP contribution in [0.5, 0.6) is 5.75 Å². The molecule has 3 aromatic rings. The number of fused-ring (bicyclic) bond motifs is 1. The molecule has 28 heavy (non-hydrogen) atoms. The van der Waals surface area contributed by atoms with Gasteiger partial charge in [-0.25, -0.2) is 4.52 Å². The molecule has 0 amide bonds. The Kier molecular flexibility index (Phi) is 5.66. The van der Waals surface area contributed by atoms with Crippen LogP contribution < -0.4 is 15.6 Å². The maximum atomic E-state index is 12.5. The summed E-state index contributed by atoms with van der Waals surface area (Å²) < 4.78 is 43.1. The molecule has 1 aliphatic rings. The molecule has 4 rings (SSSR count). The quantitative estimate of drug-likeness (QED) is 0.688. The van der Waals surface area contributed by atoms with Gasteiger partial charge in [-0.3, -0.25) is 4.79 Å². The summed E-state index contributed by atoms with van der Waals surface area (Å²) in [5, 5.41) is 7.66. The van der Waals surface area contributed by atoms with E-state index < -0.39 is 6.36 Å². The van der Waals surface area contributed by atoms with E-state index in [-0.39, 0.29) is 29.6 Å². The molecule has 1 aromatic carbocycles. The molecule has 2 N–H and O–H groups in total. The van der Waals surface area contributed by atoms with Crippen molar-refractivity contribution in [2.75, 3.05) is 13.1 Å². The van der Waals surface area contributed by atoms with Crippen LogP contribution in [0.15, 0.2) is 41.3 Å². The van der Waals surface area contributed by atoms with Gasteiger partial charge >= 0.3 is 6.36 Å². The molecule has 0 aliphatic carbocycles. The zero-order chi connectivity index (χ0) is 19.0. The number of aromatic amines is 1. The summed E-state index contributed by atoms with van der Waals surface area (Å²) in [7, 11) is 0. The largest absolute Gasteiger partial charge is 0.573 e. The van der Waals surface area contributed by atoms with Crippen LogP contribution in [0.3, 0.4) is 0 Å². The Morgan fingerprint density at radius 3 is 2.64 bits per heavy atom. The first-order valence-corrected chi connectivity index (χ1v) is 8.58. The Bertz CT molecular complexity index is 1030. The van der Waals surface area contributed by atoms with Gasteiger partial charge in [0.25, 0.3) is 5.56 Å². The minimum absolute atomic E-state index is 0. The molecule has 0 bridgehead atoms. The van der Waals surface area contributed by atoms with Gasteiger partial charge in [-0.05, 0) is 43.6 Å². The summed E-state index contributed by atoms with van der Waals surface area (Å²) in [6.07, 6.45) is -1.44. The highest BCUT2D eigenvalue weighted by Gasteiger charge is 2.31. The van der Waals surface area contributed by atoms with Crippen LogP contribution in [0.4, 0.5) is 13.2 Å². The minimum Gasteiger partial charge on any atom is -0.406 e. The summed E-state index contributed by atoms with van der Waals surface area (Å²) in [6.45, 7) is 1.73. The zero-order valence-corrected chi connectivity index (χ0v) is 15.4. The molecule has 0 unspecified atom stereocenters.